The fraction of sp³-hybridized carbons (Fsp3) is 0.889. The molecule has 0 unspecified atom stereocenters. The van der Waals surface area contributed by atoms with Crippen LogP contribution in [0.3, 0.4) is 0 Å². The number of carbonyl (C=O) groups excluding carboxylic acids is 1. The van der Waals surface area contributed by atoms with E-state index in [1.807, 2.05) is 0 Å². The summed E-state index contributed by atoms with van der Waals surface area (Å²) in [5.74, 6) is -2.95. The summed E-state index contributed by atoms with van der Waals surface area (Å²) in [6, 6.07) is -1.24. The molecule has 0 rings (SSSR count). The summed E-state index contributed by atoms with van der Waals surface area (Å²) in [5.41, 5.74) is -0.674. The van der Waals surface area contributed by atoms with Gasteiger partial charge < -0.3 is 10.1 Å². The Morgan fingerprint density at radius 1 is 1.29 bits per heavy atom. The van der Waals surface area contributed by atoms with E-state index in [2.05, 4.69) is 5.32 Å². The second-order valence-corrected chi connectivity index (χ2v) is 4.32. The van der Waals surface area contributed by atoms with Gasteiger partial charge in [0.25, 0.3) is 5.92 Å². The van der Waals surface area contributed by atoms with Gasteiger partial charge in [0, 0.05) is 6.92 Å². The van der Waals surface area contributed by atoms with Gasteiger partial charge in [0.2, 0.25) is 0 Å². The van der Waals surface area contributed by atoms with Crippen LogP contribution < -0.4 is 5.32 Å². The Kier molecular flexibility index (Phi) is 3.85. The zero-order chi connectivity index (χ0) is 11.6. The van der Waals surface area contributed by atoms with Crippen molar-refractivity contribution in [2.45, 2.75) is 52.2 Å². The monoisotopic (exact) mass is 209 g/mol. The molecule has 0 saturated heterocycles. The topological polar surface area (TPSA) is 38.3 Å². The maximum Gasteiger partial charge on any atom is 0.408 e. The third kappa shape index (κ3) is 5.72. The van der Waals surface area contributed by atoms with Crippen molar-refractivity contribution in [3.63, 3.8) is 0 Å². The van der Waals surface area contributed by atoms with E-state index in [-0.39, 0.29) is 0 Å². The van der Waals surface area contributed by atoms with Crippen LogP contribution in [0.25, 0.3) is 0 Å². The fourth-order valence-electron chi connectivity index (χ4n) is 0.611. The Hall–Kier alpha value is -0.870. The zero-order valence-electron chi connectivity index (χ0n) is 9.15. The molecular formula is C9H17F2NO2. The molecule has 0 aliphatic carbocycles. The van der Waals surface area contributed by atoms with Gasteiger partial charge in [-0.2, -0.15) is 0 Å². The highest BCUT2D eigenvalue weighted by atomic mass is 19.3. The Bertz CT molecular complexity index is 206. The molecule has 0 aliphatic rings. The van der Waals surface area contributed by atoms with Gasteiger partial charge in [-0.05, 0) is 27.7 Å². The molecule has 0 bridgehead atoms. The van der Waals surface area contributed by atoms with Crippen LogP contribution in [0.4, 0.5) is 13.6 Å². The van der Waals surface area contributed by atoms with Crippen molar-refractivity contribution < 1.29 is 18.3 Å². The molecule has 0 heterocycles. The molecule has 0 aromatic carbocycles. The number of alkyl carbamates (subject to hydrolysis) is 1. The lowest BCUT2D eigenvalue weighted by molar-refractivity contribution is -0.0186. The number of halogens is 2. The van der Waals surface area contributed by atoms with E-state index in [1.165, 1.54) is 6.92 Å². The minimum absolute atomic E-state index is 0.674. The molecular weight excluding hydrogens is 192 g/mol. The first kappa shape index (κ1) is 13.1. The molecule has 0 spiro atoms. The predicted octanol–water partition coefficient (Wildman–Crippen LogP) is 2.55. The van der Waals surface area contributed by atoms with E-state index < -0.39 is 23.7 Å². The number of hydrogen-bond donors (Lipinski definition) is 1. The van der Waals surface area contributed by atoms with Crippen LogP contribution in [-0.4, -0.2) is 23.7 Å². The van der Waals surface area contributed by atoms with Gasteiger partial charge in [0.1, 0.15) is 5.60 Å². The van der Waals surface area contributed by atoms with Crippen molar-refractivity contribution >= 4 is 6.09 Å². The Morgan fingerprint density at radius 3 is 2.00 bits per heavy atom. The molecule has 1 amide bonds. The van der Waals surface area contributed by atoms with Crippen molar-refractivity contribution in [1.29, 1.82) is 0 Å². The molecule has 84 valence electrons. The largest absolute Gasteiger partial charge is 0.444 e. The van der Waals surface area contributed by atoms with Crippen molar-refractivity contribution in [2.75, 3.05) is 0 Å². The number of alkyl halides is 2. The van der Waals surface area contributed by atoms with Gasteiger partial charge in [0.15, 0.2) is 0 Å². The summed E-state index contributed by atoms with van der Waals surface area (Å²) in [7, 11) is 0. The summed E-state index contributed by atoms with van der Waals surface area (Å²) in [4.78, 5) is 11.0. The maximum atomic E-state index is 12.6. The molecule has 0 aromatic rings. The van der Waals surface area contributed by atoms with Crippen LogP contribution in [0.15, 0.2) is 0 Å². The number of carbonyl (C=O) groups is 1. The molecule has 0 saturated carbocycles. The fourth-order valence-corrected chi connectivity index (χ4v) is 0.611. The minimum atomic E-state index is -2.95. The predicted molar refractivity (Wildman–Crippen MR) is 49.5 cm³/mol. The Labute approximate surface area is 82.8 Å². The standard InChI is InChI=1S/C9H17F2NO2/c1-6(9(5,10)11)12-7(13)14-8(2,3)4/h6H,1-5H3,(H,12,13)/t6-/m0/s1. The van der Waals surface area contributed by atoms with E-state index in [9.17, 15) is 13.6 Å². The third-order valence-corrected chi connectivity index (χ3v) is 1.49. The number of rotatable bonds is 2. The zero-order valence-corrected chi connectivity index (χ0v) is 9.15. The molecule has 0 aromatic heterocycles. The van der Waals surface area contributed by atoms with Gasteiger partial charge in [0.05, 0.1) is 6.04 Å². The molecule has 14 heavy (non-hydrogen) atoms. The number of nitrogens with one attached hydrogen (secondary N) is 1. The van der Waals surface area contributed by atoms with E-state index in [4.69, 9.17) is 4.74 Å². The molecule has 0 radical (unpaired) electrons. The van der Waals surface area contributed by atoms with Crippen LogP contribution in [0, 0.1) is 0 Å². The Morgan fingerprint density at radius 2 is 1.71 bits per heavy atom. The average Bonchev–Trinajstić information content (AvgIpc) is 1.79. The van der Waals surface area contributed by atoms with Crippen molar-refractivity contribution in [2.24, 2.45) is 0 Å². The molecule has 5 heteroatoms. The lowest BCUT2D eigenvalue weighted by Gasteiger charge is -2.24. The quantitative estimate of drug-likeness (QED) is 0.759. The molecule has 1 atom stereocenters. The van der Waals surface area contributed by atoms with Crippen LogP contribution in [-0.2, 0) is 4.74 Å². The summed E-state index contributed by atoms with van der Waals surface area (Å²) in [5, 5.41) is 2.07. The van der Waals surface area contributed by atoms with Gasteiger partial charge in [-0.3, -0.25) is 0 Å². The van der Waals surface area contributed by atoms with Crippen molar-refractivity contribution in [1.82, 2.24) is 5.32 Å². The first-order chi connectivity index (χ1) is 6.02. The first-order valence-electron chi connectivity index (χ1n) is 4.40. The molecule has 0 aliphatic heterocycles. The summed E-state index contributed by atoms with van der Waals surface area (Å²) in [6.07, 6.45) is -0.827. The second-order valence-electron chi connectivity index (χ2n) is 4.32. The van der Waals surface area contributed by atoms with Crippen molar-refractivity contribution in [3.8, 4) is 0 Å². The van der Waals surface area contributed by atoms with E-state index in [0.717, 1.165) is 6.92 Å². The molecule has 3 nitrogen and oxygen atoms in total. The van der Waals surface area contributed by atoms with Crippen LogP contribution in [0.1, 0.15) is 34.6 Å². The van der Waals surface area contributed by atoms with Gasteiger partial charge >= 0.3 is 6.09 Å². The summed E-state index contributed by atoms with van der Waals surface area (Å²) >= 11 is 0. The minimum Gasteiger partial charge on any atom is -0.444 e. The number of hydrogen-bond acceptors (Lipinski definition) is 2. The van der Waals surface area contributed by atoms with Crippen LogP contribution in [0.5, 0.6) is 0 Å². The highest BCUT2D eigenvalue weighted by Crippen LogP contribution is 2.17. The lowest BCUT2D eigenvalue weighted by Crippen LogP contribution is -2.45. The highest BCUT2D eigenvalue weighted by Gasteiger charge is 2.32. The second kappa shape index (κ2) is 4.11. The molecule has 1 N–H and O–H groups in total. The summed E-state index contributed by atoms with van der Waals surface area (Å²) < 4.78 is 30.1. The van der Waals surface area contributed by atoms with Gasteiger partial charge in [-0.1, -0.05) is 0 Å². The normalized spacial score (nSPS) is 14.8. The van der Waals surface area contributed by atoms with Gasteiger partial charge in [-0.15, -0.1) is 0 Å². The van der Waals surface area contributed by atoms with E-state index >= 15 is 0 Å². The number of ether oxygens (including phenoxy) is 1. The van der Waals surface area contributed by atoms with Crippen LogP contribution >= 0.6 is 0 Å². The van der Waals surface area contributed by atoms with E-state index in [0.29, 0.717) is 0 Å². The van der Waals surface area contributed by atoms with Gasteiger partial charge in [-0.25, -0.2) is 13.6 Å². The summed E-state index contributed by atoms with van der Waals surface area (Å²) in [6.45, 7) is 6.98. The van der Waals surface area contributed by atoms with Crippen LogP contribution in [0.2, 0.25) is 0 Å². The smallest absolute Gasteiger partial charge is 0.408 e. The first-order valence-corrected chi connectivity index (χ1v) is 4.40. The lowest BCUT2D eigenvalue weighted by atomic mass is 10.2. The Balaban J connectivity index is 4.09. The van der Waals surface area contributed by atoms with E-state index in [1.54, 1.807) is 20.8 Å². The SMILES string of the molecule is C[C@H](NC(=O)OC(C)(C)C)C(C)(F)F. The number of amides is 1. The third-order valence-electron chi connectivity index (χ3n) is 1.49. The average molecular weight is 209 g/mol. The highest BCUT2D eigenvalue weighted by molar-refractivity contribution is 5.68. The molecule has 0 fully saturated rings. The van der Waals surface area contributed by atoms with Crippen molar-refractivity contribution in [3.05, 3.63) is 0 Å². The maximum absolute atomic E-state index is 12.6.